The van der Waals surface area contributed by atoms with E-state index >= 15 is 0 Å². The highest BCUT2D eigenvalue weighted by Gasteiger charge is 2.21. The van der Waals surface area contributed by atoms with Crippen LogP contribution in [0.15, 0.2) is 47.4 Å². The van der Waals surface area contributed by atoms with Gasteiger partial charge in [-0.2, -0.15) is 10.2 Å². The van der Waals surface area contributed by atoms with E-state index in [1.54, 1.807) is 37.0 Å². The lowest BCUT2D eigenvalue weighted by Gasteiger charge is -2.24. The van der Waals surface area contributed by atoms with Crippen LogP contribution in [0.25, 0.3) is 0 Å². The number of amides is 1. The van der Waals surface area contributed by atoms with Gasteiger partial charge in [-0.1, -0.05) is 18.2 Å². The van der Waals surface area contributed by atoms with Gasteiger partial charge in [0.15, 0.2) is 14.6 Å². The molecule has 1 aromatic carbocycles. The summed E-state index contributed by atoms with van der Waals surface area (Å²) in [7, 11) is -0.00648. The fourth-order valence-electron chi connectivity index (χ4n) is 2.58. The molecule has 0 aliphatic carbocycles. The molecule has 2 aromatic rings. The van der Waals surface area contributed by atoms with Crippen molar-refractivity contribution in [3.05, 3.63) is 58.6 Å². The molecule has 3 atom stereocenters. The van der Waals surface area contributed by atoms with Gasteiger partial charge >= 0.3 is 11.7 Å². The van der Waals surface area contributed by atoms with E-state index in [1.807, 2.05) is 6.07 Å². The van der Waals surface area contributed by atoms with Crippen LogP contribution in [0.4, 0.5) is 5.82 Å². The number of rotatable bonds is 13. The number of hydrogen-bond acceptors (Lipinski definition) is 10. The van der Waals surface area contributed by atoms with Crippen molar-refractivity contribution in [3.8, 4) is 6.07 Å². The summed E-state index contributed by atoms with van der Waals surface area (Å²) in [6.45, 7) is 2.65. The molecule has 0 fully saturated rings. The standard InChI is InChI=1S/C22H27N4O7P.CH4O/c1-16(14-32-34(3)31-13-7-11-23)33-20(15-30-21(28)18-8-5-4-6-9-18)26-12-10-19(24-17(2)27)25-22(26)29;1-2/h4-6,8-10,12,16,20H,7,13-15H2,1-3H3,(H,24,25,27,29);2H,1H3/t16-,20-,34?;/m1./s1/i1D;2T. The summed E-state index contributed by atoms with van der Waals surface area (Å²) in [5, 5.41) is 14.5. The zero-order valence-corrected chi connectivity index (χ0v) is 21.2. The third-order valence-electron chi connectivity index (χ3n) is 4.09. The number of nitriles is 1. The highest BCUT2D eigenvalue weighted by Crippen LogP contribution is 2.33. The first-order valence-electron chi connectivity index (χ1n) is 11.8. The number of nitrogens with zero attached hydrogens (tertiary/aromatic N) is 3. The third kappa shape index (κ3) is 11.5. The zero-order valence-electron chi connectivity index (χ0n) is 22.3. The number of carbonyl (C=O) groups excluding carboxylic acids is 2. The van der Waals surface area contributed by atoms with E-state index in [-0.39, 0.29) is 39.0 Å². The van der Waals surface area contributed by atoms with Crippen LogP contribution < -0.4 is 11.0 Å². The molecular weight excluding hydrogens is 491 g/mol. The van der Waals surface area contributed by atoms with Crippen molar-refractivity contribution in [2.75, 3.05) is 38.9 Å². The van der Waals surface area contributed by atoms with Gasteiger partial charge in [-0.05, 0) is 25.1 Å². The van der Waals surface area contributed by atoms with Gasteiger partial charge in [0.2, 0.25) is 7.34 Å². The molecule has 13 heteroatoms. The summed E-state index contributed by atoms with van der Waals surface area (Å²) in [5.41, 5.74) is -0.427. The minimum Gasteiger partial charge on any atom is -0.457 e. The molecule has 0 radical (unpaired) electrons. The molecule has 0 bridgehead atoms. The van der Waals surface area contributed by atoms with Crippen LogP contribution >= 0.6 is 8.38 Å². The molecule has 12 nitrogen and oxygen atoms in total. The smallest absolute Gasteiger partial charge is 0.351 e. The topological polar surface area (TPSA) is 162 Å². The molecular formula is C23H31N4O8P. The minimum absolute atomic E-state index is 0.0203. The second kappa shape index (κ2) is 17.3. The highest BCUT2D eigenvalue weighted by atomic mass is 31.2. The quantitative estimate of drug-likeness (QED) is 0.226. The molecule has 196 valence electrons. The Morgan fingerprint density at radius 1 is 1.33 bits per heavy atom. The number of benzene rings is 1. The number of aliphatic hydroxyl groups is 1. The van der Waals surface area contributed by atoms with E-state index in [4.69, 9.17) is 26.6 Å². The Balaban J connectivity index is 0.00000229. The van der Waals surface area contributed by atoms with E-state index < -0.39 is 38.3 Å². The number of aromatic nitrogens is 2. The van der Waals surface area contributed by atoms with E-state index in [0.29, 0.717) is 5.56 Å². The Labute approximate surface area is 213 Å². The largest absolute Gasteiger partial charge is 0.457 e. The Hall–Kier alpha value is -3.20. The van der Waals surface area contributed by atoms with Crippen LogP contribution in [0, 0.1) is 11.3 Å². The van der Waals surface area contributed by atoms with Crippen LogP contribution in [0.5, 0.6) is 0 Å². The summed E-state index contributed by atoms with van der Waals surface area (Å²) in [6, 6.07) is 11.7. The van der Waals surface area contributed by atoms with E-state index in [2.05, 4.69) is 15.4 Å². The summed E-state index contributed by atoms with van der Waals surface area (Å²) >= 11 is 0. The lowest BCUT2D eigenvalue weighted by Crippen LogP contribution is -2.34. The second-order valence-corrected chi connectivity index (χ2v) is 8.23. The maximum absolute atomic E-state index is 12.6. The lowest BCUT2D eigenvalue weighted by molar-refractivity contribution is -0.114. The minimum atomic E-state index is -1.30. The number of anilines is 1. The number of esters is 1. The fourth-order valence-corrected chi connectivity index (χ4v) is 3.38. The summed E-state index contributed by atoms with van der Waals surface area (Å²) in [4.78, 5) is 40.1. The zero-order chi connectivity index (χ0) is 28.3. The average Bonchev–Trinajstić information content (AvgIpc) is 2.89. The van der Waals surface area contributed by atoms with E-state index in [0.717, 1.165) is 4.57 Å². The van der Waals surface area contributed by atoms with Crippen molar-refractivity contribution in [2.24, 2.45) is 0 Å². The first kappa shape index (κ1) is 27.4. The van der Waals surface area contributed by atoms with Gasteiger partial charge < -0.3 is 28.9 Å². The molecule has 0 spiro atoms. The predicted molar refractivity (Wildman–Crippen MR) is 132 cm³/mol. The molecule has 1 aromatic heterocycles. The highest BCUT2D eigenvalue weighted by molar-refractivity contribution is 7.46. The maximum atomic E-state index is 12.6. The first-order chi connectivity index (χ1) is 18.2. The van der Waals surface area contributed by atoms with Gasteiger partial charge in [0.1, 0.15) is 12.4 Å². The second-order valence-electron chi connectivity index (χ2n) is 6.84. The van der Waals surface area contributed by atoms with Crippen LogP contribution in [0.3, 0.4) is 0 Å². The molecule has 0 aliphatic heterocycles. The van der Waals surface area contributed by atoms with Crippen molar-refractivity contribution in [1.82, 2.24) is 9.55 Å². The van der Waals surface area contributed by atoms with Gasteiger partial charge in [0.05, 0.1) is 37.4 Å². The summed E-state index contributed by atoms with van der Waals surface area (Å²) in [5.74, 6) is -0.944. The van der Waals surface area contributed by atoms with E-state index in [1.165, 1.54) is 26.3 Å². The molecule has 2 rings (SSSR count). The fraction of sp³-hybridized carbons (Fsp3) is 0.435. The number of ether oxygens (including phenoxy) is 2. The Kier molecular flexibility index (Phi) is 13.1. The first-order valence-corrected chi connectivity index (χ1v) is 12.3. The Bertz CT molecular complexity index is 1090. The van der Waals surface area contributed by atoms with Crippen LogP contribution in [0.2, 0.25) is 0 Å². The number of carbonyl (C=O) groups is 2. The van der Waals surface area contributed by atoms with Crippen LogP contribution in [-0.2, 0) is 23.3 Å². The molecule has 1 heterocycles. The molecule has 36 heavy (non-hydrogen) atoms. The monoisotopic (exact) mass is 525 g/mol. The summed E-state index contributed by atoms with van der Waals surface area (Å²) < 4.78 is 36.9. The van der Waals surface area contributed by atoms with Gasteiger partial charge in [-0.3, -0.25) is 9.36 Å². The summed E-state index contributed by atoms with van der Waals surface area (Å²) in [6.07, 6.45) is -0.327. The normalized spacial score (nSPS) is 13.5. The Morgan fingerprint density at radius 2 is 2.06 bits per heavy atom. The SMILES string of the molecule is [2H]C[C@H](COP(C)OCCC#N)O[C@H](COC(=O)c1ccccc1)n1ccc(NC(C)=O)nc1=O.[3H]OC. The van der Waals surface area contributed by atoms with Gasteiger partial charge in [0.25, 0.3) is 0 Å². The van der Waals surface area contributed by atoms with Crippen molar-refractivity contribution >= 4 is 26.1 Å². The number of hydrogen-bond donors (Lipinski definition) is 2. The molecule has 0 aliphatic rings. The maximum Gasteiger partial charge on any atom is 0.351 e. The van der Waals surface area contributed by atoms with E-state index in [9.17, 15) is 14.4 Å². The average molecular weight is 526 g/mol. The molecule has 1 amide bonds. The molecule has 2 N–H and O–H groups in total. The van der Waals surface area contributed by atoms with Crippen molar-refractivity contribution < 1.29 is 34.6 Å². The van der Waals surface area contributed by atoms with Gasteiger partial charge in [-0.15, -0.1) is 0 Å². The number of nitrogens with one attached hydrogen (secondary N) is 1. The molecule has 0 saturated carbocycles. The van der Waals surface area contributed by atoms with Gasteiger partial charge in [0, 0.05) is 28.3 Å². The third-order valence-corrected chi connectivity index (χ3v) is 5.15. The predicted octanol–water partition coefficient (Wildman–Crippen LogP) is 2.46. The molecule has 0 saturated heterocycles. The van der Waals surface area contributed by atoms with Crippen LogP contribution in [-0.4, -0.2) is 67.7 Å². The van der Waals surface area contributed by atoms with Crippen molar-refractivity contribution in [1.29, 1.82) is 6.69 Å². The van der Waals surface area contributed by atoms with Crippen LogP contribution in [0.1, 0.15) is 38.2 Å². The lowest BCUT2D eigenvalue weighted by atomic mass is 10.2. The van der Waals surface area contributed by atoms with Crippen molar-refractivity contribution in [3.63, 3.8) is 0 Å². The van der Waals surface area contributed by atoms with Crippen molar-refractivity contribution in [2.45, 2.75) is 32.6 Å². The Morgan fingerprint density at radius 3 is 2.67 bits per heavy atom. The number of aliphatic hydroxyl groups excluding tert-OH is 1. The van der Waals surface area contributed by atoms with Gasteiger partial charge in [-0.25, -0.2) is 9.59 Å². The molecule has 1 unspecified atom stereocenters.